The summed E-state index contributed by atoms with van der Waals surface area (Å²) >= 11 is 0. The summed E-state index contributed by atoms with van der Waals surface area (Å²) in [5, 5.41) is 8.92. The van der Waals surface area contributed by atoms with Gasteiger partial charge >= 0.3 is 6.09 Å². The minimum Gasteiger partial charge on any atom is -0.444 e. The second kappa shape index (κ2) is 10.4. The van der Waals surface area contributed by atoms with Gasteiger partial charge < -0.3 is 15.4 Å². The van der Waals surface area contributed by atoms with Crippen molar-refractivity contribution in [3.05, 3.63) is 59.7 Å². The number of hydrogen-bond acceptors (Lipinski definition) is 4. The molecule has 3 N–H and O–H groups in total. The highest BCUT2D eigenvalue weighted by atomic mass is 19.1. The number of carbonyl (C=O) groups is 1. The zero-order chi connectivity index (χ0) is 21.3. The summed E-state index contributed by atoms with van der Waals surface area (Å²) in [5.74, 6) is 0.216. The summed E-state index contributed by atoms with van der Waals surface area (Å²) in [4.78, 5) is 19.9. The van der Waals surface area contributed by atoms with Gasteiger partial charge in [-0.25, -0.2) is 9.18 Å². The van der Waals surface area contributed by atoms with E-state index in [9.17, 15) is 9.18 Å². The Morgan fingerprint density at radius 3 is 2.52 bits per heavy atom. The number of nitrogens with one attached hydrogen (secondary N) is 3. The molecule has 1 amide bonds. The zero-order valence-corrected chi connectivity index (χ0v) is 17.3. The van der Waals surface area contributed by atoms with Gasteiger partial charge in [0.1, 0.15) is 11.4 Å². The monoisotopic (exact) mass is 401 g/mol. The van der Waals surface area contributed by atoms with Gasteiger partial charge in [-0.15, -0.1) is 0 Å². The van der Waals surface area contributed by atoms with Crippen LogP contribution in [-0.2, 0) is 17.7 Å². The van der Waals surface area contributed by atoms with Crippen molar-refractivity contribution >= 4 is 17.7 Å². The van der Waals surface area contributed by atoms with E-state index in [1.54, 1.807) is 19.3 Å². The average Bonchev–Trinajstić information content (AvgIpc) is 2.65. The van der Waals surface area contributed by atoms with E-state index in [1.807, 2.05) is 45.0 Å². The smallest absolute Gasteiger partial charge is 0.412 e. The van der Waals surface area contributed by atoms with E-state index in [1.165, 1.54) is 6.07 Å². The normalized spacial score (nSPS) is 11.7. The fraction of sp³-hybridized carbons (Fsp3) is 0.381. The van der Waals surface area contributed by atoms with Gasteiger partial charge in [0.05, 0.1) is 12.2 Å². The lowest BCUT2D eigenvalue weighted by Gasteiger charge is -2.19. The zero-order valence-electron chi connectivity index (χ0n) is 17.3. The van der Waals surface area contributed by atoms with Crippen LogP contribution in [0, 0.1) is 5.82 Å². The van der Waals surface area contributed by atoms with Crippen molar-refractivity contribution in [1.82, 2.24) is 15.6 Å². The van der Waals surface area contributed by atoms with Gasteiger partial charge in [0.15, 0.2) is 5.96 Å². The molecule has 7 nitrogen and oxygen atoms in total. The Morgan fingerprint density at radius 1 is 1.17 bits per heavy atom. The standard InChI is InChI=1S/C21H28FN5O2/c1-21(2,3)29-20(28)27-16-9-7-15(8-10-16)11-13-25-19(23-4)26-14-18-17(22)6-5-12-24-18/h5-10,12H,11,13-14H2,1-4H3,(H,27,28)(H2,23,25,26). The van der Waals surface area contributed by atoms with E-state index < -0.39 is 11.7 Å². The highest BCUT2D eigenvalue weighted by molar-refractivity contribution is 5.84. The Balaban J connectivity index is 1.76. The fourth-order valence-electron chi connectivity index (χ4n) is 2.44. The lowest BCUT2D eigenvalue weighted by molar-refractivity contribution is 0.0636. The lowest BCUT2D eigenvalue weighted by atomic mass is 10.1. The second-order valence-electron chi connectivity index (χ2n) is 7.36. The van der Waals surface area contributed by atoms with Crippen molar-refractivity contribution in [2.75, 3.05) is 18.9 Å². The van der Waals surface area contributed by atoms with Crippen LogP contribution in [0.3, 0.4) is 0 Å². The second-order valence-corrected chi connectivity index (χ2v) is 7.36. The molecular weight excluding hydrogens is 373 g/mol. The van der Waals surface area contributed by atoms with Crippen molar-refractivity contribution < 1.29 is 13.9 Å². The summed E-state index contributed by atoms with van der Waals surface area (Å²) in [7, 11) is 1.65. The van der Waals surface area contributed by atoms with E-state index in [-0.39, 0.29) is 12.4 Å². The van der Waals surface area contributed by atoms with Gasteiger partial charge in [0, 0.05) is 25.5 Å². The van der Waals surface area contributed by atoms with Crippen LogP contribution in [0.5, 0.6) is 0 Å². The van der Waals surface area contributed by atoms with Crippen LogP contribution >= 0.6 is 0 Å². The third-order valence-corrected chi connectivity index (χ3v) is 3.79. The molecule has 0 unspecified atom stereocenters. The Morgan fingerprint density at radius 2 is 1.90 bits per heavy atom. The van der Waals surface area contributed by atoms with Crippen LogP contribution < -0.4 is 16.0 Å². The molecule has 0 aliphatic heterocycles. The van der Waals surface area contributed by atoms with Crippen LogP contribution in [0.25, 0.3) is 0 Å². The molecule has 0 aliphatic rings. The van der Waals surface area contributed by atoms with E-state index in [0.717, 1.165) is 12.0 Å². The quantitative estimate of drug-likeness (QED) is 0.510. The first-order valence-corrected chi connectivity index (χ1v) is 9.39. The summed E-state index contributed by atoms with van der Waals surface area (Å²) in [5.41, 5.74) is 1.57. The number of aromatic nitrogens is 1. The number of rotatable bonds is 6. The maximum absolute atomic E-state index is 13.6. The van der Waals surface area contributed by atoms with Crippen LogP contribution in [0.15, 0.2) is 47.6 Å². The Labute approximate surface area is 170 Å². The number of nitrogens with zero attached hydrogens (tertiary/aromatic N) is 2. The molecule has 2 aromatic rings. The number of halogens is 1. The first kappa shape index (κ1) is 22.1. The Bertz CT molecular complexity index is 832. The van der Waals surface area contributed by atoms with Gasteiger partial charge in [-0.05, 0) is 57.0 Å². The lowest BCUT2D eigenvalue weighted by Crippen LogP contribution is -2.38. The molecule has 0 saturated heterocycles. The fourth-order valence-corrected chi connectivity index (χ4v) is 2.44. The molecule has 1 heterocycles. The number of hydrogen-bond donors (Lipinski definition) is 3. The van der Waals surface area contributed by atoms with E-state index in [2.05, 4.69) is 25.9 Å². The topological polar surface area (TPSA) is 87.6 Å². The molecule has 0 saturated carbocycles. The van der Waals surface area contributed by atoms with Crippen molar-refractivity contribution in [1.29, 1.82) is 0 Å². The molecule has 156 valence electrons. The van der Waals surface area contributed by atoms with Gasteiger partial charge in [0.2, 0.25) is 0 Å². The summed E-state index contributed by atoms with van der Waals surface area (Å²) in [6.07, 6.45) is 1.83. The van der Waals surface area contributed by atoms with Gasteiger partial charge in [0.25, 0.3) is 0 Å². The third-order valence-electron chi connectivity index (χ3n) is 3.79. The molecule has 0 aliphatic carbocycles. The summed E-state index contributed by atoms with van der Waals surface area (Å²) in [6.45, 7) is 6.34. The molecule has 8 heteroatoms. The molecule has 2 rings (SSSR count). The maximum atomic E-state index is 13.6. The summed E-state index contributed by atoms with van der Waals surface area (Å²) < 4.78 is 18.8. The minimum atomic E-state index is -0.537. The first-order valence-electron chi connectivity index (χ1n) is 9.39. The number of benzene rings is 1. The van der Waals surface area contributed by atoms with Crippen LogP contribution in [0.1, 0.15) is 32.0 Å². The number of aliphatic imine (C=N–C) groups is 1. The van der Waals surface area contributed by atoms with E-state index in [0.29, 0.717) is 23.9 Å². The molecule has 29 heavy (non-hydrogen) atoms. The molecule has 0 radical (unpaired) electrons. The Hall–Kier alpha value is -3.16. The van der Waals surface area contributed by atoms with E-state index >= 15 is 0 Å². The first-order chi connectivity index (χ1) is 13.8. The number of anilines is 1. The Kier molecular flexibility index (Phi) is 7.94. The van der Waals surface area contributed by atoms with Crippen molar-refractivity contribution in [3.8, 4) is 0 Å². The molecule has 0 fully saturated rings. The van der Waals surface area contributed by atoms with Crippen LogP contribution in [0.2, 0.25) is 0 Å². The number of guanidine groups is 1. The molecule has 1 aromatic heterocycles. The van der Waals surface area contributed by atoms with Gasteiger partial charge in [-0.1, -0.05) is 12.1 Å². The number of ether oxygens (including phenoxy) is 1. The predicted molar refractivity (Wildman–Crippen MR) is 112 cm³/mol. The number of pyridine rings is 1. The third kappa shape index (κ3) is 8.16. The largest absolute Gasteiger partial charge is 0.444 e. The number of amides is 1. The van der Waals surface area contributed by atoms with Crippen molar-refractivity contribution in [3.63, 3.8) is 0 Å². The van der Waals surface area contributed by atoms with Crippen LogP contribution in [0.4, 0.5) is 14.9 Å². The maximum Gasteiger partial charge on any atom is 0.412 e. The molecule has 0 spiro atoms. The highest BCUT2D eigenvalue weighted by Gasteiger charge is 2.16. The summed E-state index contributed by atoms with van der Waals surface area (Å²) in [6, 6.07) is 10.5. The van der Waals surface area contributed by atoms with Gasteiger partial charge in [-0.2, -0.15) is 0 Å². The molecule has 1 aromatic carbocycles. The van der Waals surface area contributed by atoms with Crippen LogP contribution in [-0.4, -0.2) is 36.2 Å². The molecular formula is C21H28FN5O2. The SMILES string of the molecule is CN=C(NCCc1ccc(NC(=O)OC(C)(C)C)cc1)NCc1ncccc1F. The molecule has 0 atom stereocenters. The van der Waals surface area contributed by atoms with Crippen molar-refractivity contribution in [2.45, 2.75) is 39.3 Å². The highest BCUT2D eigenvalue weighted by Crippen LogP contribution is 2.13. The average molecular weight is 401 g/mol. The predicted octanol–water partition coefficient (Wildman–Crippen LogP) is 3.48. The minimum absolute atomic E-state index is 0.247. The van der Waals surface area contributed by atoms with E-state index in [4.69, 9.17) is 4.74 Å². The van der Waals surface area contributed by atoms with Gasteiger partial charge in [-0.3, -0.25) is 15.3 Å². The number of carbonyl (C=O) groups excluding carboxylic acids is 1. The van der Waals surface area contributed by atoms with Crippen molar-refractivity contribution in [2.24, 2.45) is 4.99 Å². The molecule has 0 bridgehead atoms.